The standard InChI is InChI=1S/C21H21N3O3S/c1-23(2)10-11-24(20(25)9-8-15-6-4-3-5-7-15)21-22-16-12-17-18(27-14-26-17)13-19(16)28-21/h3-9,12-13H,10-11,14H2,1-2H3/b9-8+. The Morgan fingerprint density at radius 3 is 2.64 bits per heavy atom. The van der Waals surface area contributed by atoms with Gasteiger partial charge in [0.25, 0.3) is 5.91 Å². The van der Waals surface area contributed by atoms with Gasteiger partial charge in [-0.05, 0) is 25.7 Å². The lowest BCUT2D eigenvalue weighted by molar-refractivity contribution is -0.114. The van der Waals surface area contributed by atoms with E-state index in [1.165, 1.54) is 11.3 Å². The minimum absolute atomic E-state index is 0.0928. The molecule has 28 heavy (non-hydrogen) atoms. The third-order valence-corrected chi connectivity index (χ3v) is 5.40. The molecule has 0 radical (unpaired) electrons. The predicted octanol–water partition coefficient (Wildman–Crippen LogP) is 3.63. The summed E-state index contributed by atoms with van der Waals surface area (Å²) < 4.78 is 11.8. The van der Waals surface area contributed by atoms with Gasteiger partial charge in [0.1, 0.15) is 0 Å². The molecule has 4 rings (SSSR count). The first-order chi connectivity index (χ1) is 13.6. The Kier molecular flexibility index (Phi) is 5.27. The number of hydrogen-bond acceptors (Lipinski definition) is 6. The van der Waals surface area contributed by atoms with Crippen LogP contribution < -0.4 is 14.4 Å². The number of fused-ring (bicyclic) bond motifs is 2. The summed E-state index contributed by atoms with van der Waals surface area (Å²) in [6.45, 7) is 1.53. The maximum Gasteiger partial charge on any atom is 0.252 e. The molecule has 0 atom stereocenters. The molecular formula is C21H21N3O3S. The smallest absolute Gasteiger partial charge is 0.252 e. The van der Waals surface area contributed by atoms with Gasteiger partial charge < -0.3 is 14.4 Å². The number of aromatic nitrogens is 1. The van der Waals surface area contributed by atoms with Crippen molar-refractivity contribution < 1.29 is 14.3 Å². The van der Waals surface area contributed by atoms with Gasteiger partial charge in [-0.1, -0.05) is 41.7 Å². The van der Waals surface area contributed by atoms with E-state index in [0.717, 1.165) is 28.1 Å². The van der Waals surface area contributed by atoms with Gasteiger partial charge >= 0.3 is 0 Å². The Morgan fingerprint density at radius 1 is 1.14 bits per heavy atom. The zero-order chi connectivity index (χ0) is 19.5. The van der Waals surface area contributed by atoms with Crippen molar-refractivity contribution in [3.8, 4) is 11.5 Å². The molecule has 7 heteroatoms. The summed E-state index contributed by atoms with van der Waals surface area (Å²) in [5.41, 5.74) is 1.79. The third kappa shape index (κ3) is 4.00. The number of benzene rings is 2. The van der Waals surface area contributed by atoms with Gasteiger partial charge in [-0.2, -0.15) is 0 Å². The minimum Gasteiger partial charge on any atom is -0.454 e. The van der Waals surface area contributed by atoms with Crippen LogP contribution in [0.5, 0.6) is 11.5 Å². The monoisotopic (exact) mass is 395 g/mol. The first kappa shape index (κ1) is 18.5. The minimum atomic E-state index is -0.0928. The molecule has 1 aliphatic rings. The number of amides is 1. The quantitative estimate of drug-likeness (QED) is 0.597. The first-order valence-electron chi connectivity index (χ1n) is 9.00. The Morgan fingerprint density at radius 2 is 1.89 bits per heavy atom. The lowest BCUT2D eigenvalue weighted by Gasteiger charge is -2.20. The van der Waals surface area contributed by atoms with Gasteiger partial charge in [0, 0.05) is 31.3 Å². The molecule has 0 saturated carbocycles. The largest absolute Gasteiger partial charge is 0.454 e. The summed E-state index contributed by atoms with van der Waals surface area (Å²) in [6, 6.07) is 13.6. The summed E-state index contributed by atoms with van der Waals surface area (Å²) in [4.78, 5) is 21.4. The second kappa shape index (κ2) is 8.00. The SMILES string of the molecule is CN(C)CCN(C(=O)/C=C/c1ccccc1)c1nc2cc3c(cc2s1)OCO3. The van der Waals surface area contributed by atoms with Crippen LogP contribution in [0.4, 0.5) is 5.13 Å². The van der Waals surface area contributed by atoms with Crippen molar-refractivity contribution in [3.05, 3.63) is 54.1 Å². The van der Waals surface area contributed by atoms with Crippen molar-refractivity contribution in [2.45, 2.75) is 0 Å². The highest BCUT2D eigenvalue weighted by molar-refractivity contribution is 7.22. The van der Waals surface area contributed by atoms with Crippen molar-refractivity contribution in [1.82, 2.24) is 9.88 Å². The van der Waals surface area contributed by atoms with Crippen LogP contribution in [0.25, 0.3) is 16.3 Å². The number of carbonyl (C=O) groups is 1. The topological polar surface area (TPSA) is 54.9 Å². The van der Waals surface area contributed by atoms with E-state index in [2.05, 4.69) is 4.98 Å². The number of ether oxygens (including phenoxy) is 2. The predicted molar refractivity (Wildman–Crippen MR) is 112 cm³/mol. The summed E-state index contributed by atoms with van der Waals surface area (Å²) in [7, 11) is 3.97. The fraction of sp³-hybridized carbons (Fsp3) is 0.238. The molecule has 2 aromatic carbocycles. The molecule has 3 aromatic rings. The van der Waals surface area contributed by atoms with E-state index in [1.54, 1.807) is 11.0 Å². The average molecular weight is 395 g/mol. The van der Waals surface area contributed by atoms with Crippen molar-refractivity contribution in [2.24, 2.45) is 0 Å². The van der Waals surface area contributed by atoms with E-state index in [1.807, 2.05) is 67.5 Å². The third-order valence-electron chi connectivity index (χ3n) is 4.36. The number of nitrogens with zero attached hydrogens (tertiary/aromatic N) is 3. The van der Waals surface area contributed by atoms with E-state index >= 15 is 0 Å². The van der Waals surface area contributed by atoms with Crippen LogP contribution in [0.15, 0.2) is 48.5 Å². The van der Waals surface area contributed by atoms with Crippen molar-refractivity contribution in [2.75, 3.05) is 38.9 Å². The lowest BCUT2D eigenvalue weighted by atomic mass is 10.2. The van der Waals surface area contributed by atoms with E-state index in [0.29, 0.717) is 17.4 Å². The van der Waals surface area contributed by atoms with E-state index < -0.39 is 0 Å². The molecule has 2 heterocycles. The highest BCUT2D eigenvalue weighted by Crippen LogP contribution is 2.39. The Labute approximate surface area is 167 Å². The average Bonchev–Trinajstić information content (AvgIpc) is 3.30. The van der Waals surface area contributed by atoms with Crippen molar-refractivity contribution >= 4 is 38.7 Å². The molecule has 1 aromatic heterocycles. The summed E-state index contributed by atoms with van der Waals surface area (Å²) in [6.07, 6.45) is 3.43. The fourth-order valence-electron chi connectivity index (χ4n) is 2.84. The summed E-state index contributed by atoms with van der Waals surface area (Å²) in [5, 5.41) is 0.670. The van der Waals surface area contributed by atoms with Crippen LogP contribution in [-0.2, 0) is 4.79 Å². The Balaban J connectivity index is 1.62. The molecule has 0 unspecified atom stereocenters. The zero-order valence-corrected chi connectivity index (χ0v) is 16.6. The highest BCUT2D eigenvalue weighted by Gasteiger charge is 2.21. The normalized spacial score (nSPS) is 13.0. The maximum atomic E-state index is 12.9. The van der Waals surface area contributed by atoms with Gasteiger partial charge in [0.2, 0.25) is 6.79 Å². The van der Waals surface area contributed by atoms with Gasteiger partial charge in [-0.3, -0.25) is 9.69 Å². The van der Waals surface area contributed by atoms with Gasteiger partial charge in [-0.25, -0.2) is 4.98 Å². The van der Waals surface area contributed by atoms with Gasteiger partial charge in [0.05, 0.1) is 10.2 Å². The molecule has 1 aliphatic heterocycles. The zero-order valence-electron chi connectivity index (χ0n) is 15.8. The number of hydrogen-bond donors (Lipinski definition) is 0. The molecule has 0 aliphatic carbocycles. The maximum absolute atomic E-state index is 12.9. The van der Waals surface area contributed by atoms with Crippen LogP contribution in [0.1, 0.15) is 5.56 Å². The molecule has 0 bridgehead atoms. The van der Waals surface area contributed by atoms with E-state index in [9.17, 15) is 4.79 Å². The van der Waals surface area contributed by atoms with Crippen LogP contribution in [0.2, 0.25) is 0 Å². The van der Waals surface area contributed by atoms with Crippen LogP contribution in [-0.4, -0.2) is 49.8 Å². The number of thiazole rings is 1. The van der Waals surface area contributed by atoms with Crippen molar-refractivity contribution in [1.29, 1.82) is 0 Å². The van der Waals surface area contributed by atoms with E-state index in [4.69, 9.17) is 9.47 Å². The summed E-state index contributed by atoms with van der Waals surface area (Å²) in [5.74, 6) is 1.32. The molecule has 0 saturated heterocycles. The highest BCUT2D eigenvalue weighted by atomic mass is 32.1. The van der Waals surface area contributed by atoms with Crippen LogP contribution in [0.3, 0.4) is 0 Å². The van der Waals surface area contributed by atoms with E-state index in [-0.39, 0.29) is 12.7 Å². The number of carbonyl (C=O) groups excluding carboxylic acids is 1. The summed E-state index contributed by atoms with van der Waals surface area (Å²) >= 11 is 1.48. The number of anilines is 1. The Bertz CT molecular complexity index is 973. The van der Waals surface area contributed by atoms with Gasteiger partial charge in [0.15, 0.2) is 16.6 Å². The molecular weight excluding hydrogens is 374 g/mol. The number of rotatable bonds is 6. The van der Waals surface area contributed by atoms with Crippen LogP contribution >= 0.6 is 11.3 Å². The lowest BCUT2D eigenvalue weighted by Crippen LogP contribution is -2.35. The number of likely N-dealkylation sites (N-methyl/N-ethyl adjacent to an activating group) is 1. The molecule has 0 fully saturated rings. The second-order valence-corrected chi connectivity index (χ2v) is 7.72. The van der Waals surface area contributed by atoms with Crippen molar-refractivity contribution in [3.63, 3.8) is 0 Å². The molecule has 0 spiro atoms. The second-order valence-electron chi connectivity index (χ2n) is 6.71. The van der Waals surface area contributed by atoms with Crippen LogP contribution in [0, 0.1) is 0 Å². The fourth-order valence-corrected chi connectivity index (χ4v) is 3.85. The van der Waals surface area contributed by atoms with Gasteiger partial charge in [-0.15, -0.1) is 0 Å². The Hall–Kier alpha value is -2.90. The molecule has 6 nitrogen and oxygen atoms in total. The molecule has 1 amide bonds. The molecule has 0 N–H and O–H groups in total. The first-order valence-corrected chi connectivity index (χ1v) is 9.81. The molecule has 144 valence electrons.